The van der Waals surface area contributed by atoms with Crippen molar-refractivity contribution in [2.24, 2.45) is 0 Å². The fourth-order valence-corrected chi connectivity index (χ4v) is 3.49. The SMILES string of the molecule is COC(=O)[C@H](Cc1cc(Br)cc(B2OC(C)(C)C(C)(C)O2)c1)NC(=O)OC(C)(C)C. The molecule has 1 atom stereocenters. The maximum absolute atomic E-state index is 12.3. The van der Waals surface area contributed by atoms with Crippen LogP contribution in [0.2, 0.25) is 0 Å². The van der Waals surface area contributed by atoms with Crippen LogP contribution >= 0.6 is 15.9 Å². The molecule has 0 radical (unpaired) electrons. The summed E-state index contributed by atoms with van der Waals surface area (Å²) in [5.74, 6) is -0.557. The Morgan fingerprint density at radius 1 is 1.13 bits per heavy atom. The molecule has 9 heteroatoms. The first-order valence-electron chi connectivity index (χ1n) is 9.86. The molecule has 1 heterocycles. The molecule has 7 nitrogen and oxygen atoms in total. The highest BCUT2D eigenvalue weighted by atomic mass is 79.9. The number of rotatable bonds is 5. The van der Waals surface area contributed by atoms with Crippen molar-refractivity contribution in [2.45, 2.75) is 77.7 Å². The minimum Gasteiger partial charge on any atom is -0.467 e. The Morgan fingerprint density at radius 3 is 2.20 bits per heavy atom. The molecule has 166 valence electrons. The third-order valence-corrected chi connectivity index (χ3v) is 5.58. The maximum Gasteiger partial charge on any atom is 0.494 e. The first-order valence-corrected chi connectivity index (χ1v) is 10.7. The highest BCUT2D eigenvalue weighted by Gasteiger charge is 2.51. The molecule has 0 bridgehead atoms. The van der Waals surface area contributed by atoms with Crippen molar-refractivity contribution in [3.63, 3.8) is 0 Å². The molecule has 0 aromatic heterocycles. The second-order valence-corrected chi connectivity index (χ2v) is 10.3. The van der Waals surface area contributed by atoms with E-state index in [4.69, 9.17) is 18.8 Å². The zero-order valence-corrected chi connectivity index (χ0v) is 20.5. The lowest BCUT2D eigenvalue weighted by molar-refractivity contribution is -0.143. The Hall–Kier alpha value is -1.58. The molecule has 1 saturated heterocycles. The molecule has 1 aromatic rings. The van der Waals surface area contributed by atoms with Gasteiger partial charge < -0.3 is 24.1 Å². The highest BCUT2D eigenvalue weighted by molar-refractivity contribution is 9.10. The van der Waals surface area contributed by atoms with Crippen molar-refractivity contribution in [2.75, 3.05) is 7.11 Å². The maximum atomic E-state index is 12.3. The van der Waals surface area contributed by atoms with Gasteiger partial charge in [0.2, 0.25) is 0 Å². The molecular formula is C21H31BBrNO6. The van der Waals surface area contributed by atoms with Gasteiger partial charge in [0.25, 0.3) is 0 Å². The van der Waals surface area contributed by atoms with Crippen molar-refractivity contribution in [3.05, 3.63) is 28.2 Å². The fourth-order valence-electron chi connectivity index (χ4n) is 2.93. The summed E-state index contributed by atoms with van der Waals surface area (Å²) in [4.78, 5) is 24.4. The molecule has 0 aliphatic carbocycles. The average Bonchev–Trinajstić information content (AvgIpc) is 2.79. The van der Waals surface area contributed by atoms with Crippen LogP contribution in [0.15, 0.2) is 22.7 Å². The number of carbonyl (C=O) groups is 2. The van der Waals surface area contributed by atoms with Gasteiger partial charge in [-0.1, -0.05) is 22.0 Å². The second kappa shape index (κ2) is 8.89. The number of alkyl carbamates (subject to hydrolysis) is 1. The minimum absolute atomic E-state index is 0.220. The highest BCUT2D eigenvalue weighted by Crippen LogP contribution is 2.36. The van der Waals surface area contributed by atoms with Gasteiger partial charge in [0.05, 0.1) is 18.3 Å². The van der Waals surface area contributed by atoms with E-state index in [1.165, 1.54) is 7.11 Å². The molecular weight excluding hydrogens is 453 g/mol. The van der Waals surface area contributed by atoms with E-state index < -0.39 is 42.0 Å². The number of halogens is 1. The van der Waals surface area contributed by atoms with Crippen LogP contribution in [0.3, 0.4) is 0 Å². The topological polar surface area (TPSA) is 83.1 Å². The lowest BCUT2D eigenvalue weighted by Gasteiger charge is -2.32. The standard InChI is InChI=1S/C21H31BBrNO6/c1-19(2,3)28-18(26)24-16(17(25)27-8)11-13-9-14(12-15(23)10-13)22-29-20(4,5)21(6,7)30-22/h9-10,12,16H,11H2,1-8H3,(H,24,26)/t16-/m0/s1. The average molecular weight is 484 g/mol. The number of ether oxygens (including phenoxy) is 2. The van der Waals surface area contributed by atoms with Gasteiger partial charge >= 0.3 is 19.2 Å². The van der Waals surface area contributed by atoms with Crippen LogP contribution in [-0.2, 0) is 30.0 Å². The summed E-state index contributed by atoms with van der Waals surface area (Å²) in [5.41, 5.74) is 0.0177. The Kier molecular flexibility index (Phi) is 7.31. The summed E-state index contributed by atoms with van der Waals surface area (Å²) >= 11 is 3.51. The van der Waals surface area contributed by atoms with Gasteiger partial charge in [-0.3, -0.25) is 0 Å². The molecule has 2 rings (SSSR count). The fraction of sp³-hybridized carbons (Fsp3) is 0.619. The summed E-state index contributed by atoms with van der Waals surface area (Å²) in [6, 6.07) is 4.80. The Labute approximate surface area is 187 Å². The van der Waals surface area contributed by atoms with E-state index in [0.717, 1.165) is 15.5 Å². The summed E-state index contributed by atoms with van der Waals surface area (Å²) < 4.78 is 23.2. The smallest absolute Gasteiger partial charge is 0.467 e. The van der Waals surface area contributed by atoms with Crippen molar-refractivity contribution in [3.8, 4) is 0 Å². The Balaban J connectivity index is 2.23. The largest absolute Gasteiger partial charge is 0.494 e. The number of carbonyl (C=O) groups excluding carboxylic acids is 2. The van der Waals surface area contributed by atoms with E-state index in [1.807, 2.05) is 45.9 Å². The molecule has 0 spiro atoms. The number of hydrogen-bond donors (Lipinski definition) is 1. The third-order valence-electron chi connectivity index (χ3n) is 5.12. The zero-order valence-electron chi connectivity index (χ0n) is 18.9. The van der Waals surface area contributed by atoms with E-state index >= 15 is 0 Å². The quantitative estimate of drug-likeness (QED) is 0.510. The van der Waals surface area contributed by atoms with Crippen molar-refractivity contribution >= 4 is 40.6 Å². The van der Waals surface area contributed by atoms with Gasteiger partial charge in [0.15, 0.2) is 0 Å². The second-order valence-electron chi connectivity index (χ2n) is 9.41. The number of nitrogens with one attached hydrogen (secondary N) is 1. The van der Waals surface area contributed by atoms with Crippen LogP contribution < -0.4 is 10.8 Å². The summed E-state index contributed by atoms with van der Waals surface area (Å²) in [6.45, 7) is 13.2. The van der Waals surface area contributed by atoms with Crippen LogP contribution in [0.1, 0.15) is 54.0 Å². The zero-order chi connectivity index (χ0) is 22.9. The van der Waals surface area contributed by atoms with Gasteiger partial charge in [-0.25, -0.2) is 9.59 Å². The monoisotopic (exact) mass is 483 g/mol. The van der Waals surface area contributed by atoms with Crippen LogP contribution in [0.4, 0.5) is 4.79 Å². The number of benzene rings is 1. The summed E-state index contributed by atoms with van der Waals surface area (Å²) in [7, 11) is 0.740. The normalized spacial score (nSPS) is 18.6. The van der Waals surface area contributed by atoms with Gasteiger partial charge in [-0.05, 0) is 71.6 Å². The molecule has 0 unspecified atom stereocenters. The molecule has 1 amide bonds. The Morgan fingerprint density at radius 2 is 1.70 bits per heavy atom. The molecule has 1 aromatic carbocycles. The molecule has 1 N–H and O–H groups in total. The lowest BCUT2D eigenvalue weighted by atomic mass is 9.78. The molecule has 1 fully saturated rings. The van der Waals surface area contributed by atoms with Gasteiger partial charge in [-0.2, -0.15) is 0 Å². The molecule has 0 saturated carbocycles. The minimum atomic E-state index is -0.898. The third kappa shape index (κ3) is 6.22. The number of methoxy groups -OCH3 is 1. The van der Waals surface area contributed by atoms with Crippen LogP contribution in [0, 0.1) is 0 Å². The molecule has 1 aliphatic rings. The Bertz CT molecular complexity index is 789. The van der Waals surface area contributed by atoms with E-state index in [2.05, 4.69) is 21.2 Å². The summed E-state index contributed by atoms with van der Waals surface area (Å²) in [5, 5.41) is 2.59. The van der Waals surface area contributed by atoms with Crippen molar-refractivity contribution in [1.82, 2.24) is 5.32 Å². The first kappa shape index (κ1) is 24.7. The van der Waals surface area contributed by atoms with E-state index in [9.17, 15) is 9.59 Å². The van der Waals surface area contributed by atoms with E-state index in [0.29, 0.717) is 0 Å². The van der Waals surface area contributed by atoms with Crippen LogP contribution in [0.5, 0.6) is 0 Å². The summed E-state index contributed by atoms with van der Waals surface area (Å²) in [6.07, 6.45) is -0.461. The number of esters is 1. The predicted octanol–water partition coefficient (Wildman–Crippen LogP) is 3.36. The van der Waals surface area contributed by atoms with Crippen LogP contribution in [-0.4, -0.2) is 49.1 Å². The van der Waals surface area contributed by atoms with Gasteiger partial charge in [-0.15, -0.1) is 0 Å². The lowest BCUT2D eigenvalue weighted by Crippen LogP contribution is -2.45. The predicted molar refractivity (Wildman–Crippen MR) is 119 cm³/mol. The van der Waals surface area contributed by atoms with Crippen molar-refractivity contribution < 1.29 is 28.4 Å². The molecule has 30 heavy (non-hydrogen) atoms. The van der Waals surface area contributed by atoms with Crippen LogP contribution in [0.25, 0.3) is 0 Å². The molecule has 1 aliphatic heterocycles. The van der Waals surface area contributed by atoms with Gasteiger partial charge in [0, 0.05) is 10.9 Å². The number of hydrogen-bond acceptors (Lipinski definition) is 6. The van der Waals surface area contributed by atoms with E-state index in [1.54, 1.807) is 20.8 Å². The van der Waals surface area contributed by atoms with Gasteiger partial charge in [0.1, 0.15) is 11.6 Å². The first-order chi connectivity index (χ1) is 13.6. The van der Waals surface area contributed by atoms with Crippen molar-refractivity contribution in [1.29, 1.82) is 0 Å². The number of amides is 1. The van der Waals surface area contributed by atoms with E-state index in [-0.39, 0.29) is 6.42 Å².